The lowest BCUT2D eigenvalue weighted by Crippen LogP contribution is -2.48. The van der Waals surface area contributed by atoms with E-state index in [9.17, 15) is 19.1 Å². The highest BCUT2D eigenvalue weighted by atomic mass is 32.2. The first kappa shape index (κ1) is 14.7. The van der Waals surface area contributed by atoms with Gasteiger partial charge in [0.2, 0.25) is 0 Å². The highest BCUT2D eigenvalue weighted by molar-refractivity contribution is 8.26. The van der Waals surface area contributed by atoms with Gasteiger partial charge in [-0.25, -0.2) is 4.39 Å². The molecule has 1 aromatic carbocycles. The SMILES string of the molecule is C[C@H](C(=O)[O-])N1C(=O)/C(=C/c2cccc(F)c2)SC1=S. The first-order valence-corrected chi connectivity index (χ1v) is 6.86. The topological polar surface area (TPSA) is 60.4 Å². The van der Waals surface area contributed by atoms with E-state index in [0.717, 1.165) is 16.7 Å². The zero-order chi connectivity index (χ0) is 14.9. The van der Waals surface area contributed by atoms with E-state index in [4.69, 9.17) is 12.2 Å². The van der Waals surface area contributed by atoms with Gasteiger partial charge in [0.25, 0.3) is 5.91 Å². The quantitative estimate of drug-likeness (QED) is 0.619. The number of carboxylic acid groups (broad SMARTS) is 1. The molecule has 0 N–H and O–H groups in total. The van der Waals surface area contributed by atoms with Crippen molar-refractivity contribution < 1.29 is 19.1 Å². The summed E-state index contributed by atoms with van der Waals surface area (Å²) in [6.45, 7) is 1.32. The fourth-order valence-electron chi connectivity index (χ4n) is 1.67. The van der Waals surface area contributed by atoms with Crippen molar-refractivity contribution in [1.82, 2.24) is 4.90 Å². The fraction of sp³-hybridized carbons (Fsp3) is 0.154. The Morgan fingerprint density at radius 3 is 2.85 bits per heavy atom. The number of carbonyl (C=O) groups excluding carboxylic acids is 2. The van der Waals surface area contributed by atoms with Gasteiger partial charge in [-0.3, -0.25) is 9.69 Å². The number of hydrogen-bond donors (Lipinski definition) is 0. The number of benzene rings is 1. The summed E-state index contributed by atoms with van der Waals surface area (Å²) in [5.41, 5.74) is 0.506. The summed E-state index contributed by atoms with van der Waals surface area (Å²) in [4.78, 5) is 24.2. The molecule has 1 heterocycles. The Bertz CT molecular complexity index is 630. The second-order valence-electron chi connectivity index (χ2n) is 4.10. The number of thiocarbonyl (C=S) groups is 1. The van der Waals surface area contributed by atoms with Crippen LogP contribution in [0.15, 0.2) is 29.2 Å². The van der Waals surface area contributed by atoms with Crippen LogP contribution in [-0.4, -0.2) is 27.1 Å². The molecule has 4 nitrogen and oxygen atoms in total. The van der Waals surface area contributed by atoms with Gasteiger partial charge in [0.1, 0.15) is 10.1 Å². The molecule has 0 saturated carbocycles. The molecule has 0 bridgehead atoms. The number of nitrogens with zero attached hydrogens (tertiary/aromatic N) is 1. The molecular weight excluding hydrogens is 301 g/mol. The van der Waals surface area contributed by atoms with E-state index in [-0.39, 0.29) is 9.23 Å². The van der Waals surface area contributed by atoms with Crippen molar-refractivity contribution in [2.45, 2.75) is 13.0 Å². The number of hydrogen-bond acceptors (Lipinski definition) is 5. The van der Waals surface area contributed by atoms with Gasteiger partial charge < -0.3 is 9.90 Å². The van der Waals surface area contributed by atoms with Crippen LogP contribution in [0, 0.1) is 5.82 Å². The van der Waals surface area contributed by atoms with Crippen molar-refractivity contribution in [2.24, 2.45) is 0 Å². The molecule has 104 valence electrons. The number of rotatable bonds is 3. The predicted octanol–water partition coefficient (Wildman–Crippen LogP) is 1.17. The summed E-state index contributed by atoms with van der Waals surface area (Å²) in [7, 11) is 0. The molecule has 1 aliphatic rings. The van der Waals surface area contributed by atoms with E-state index in [0.29, 0.717) is 5.56 Å². The van der Waals surface area contributed by atoms with Crippen LogP contribution in [0.3, 0.4) is 0 Å². The van der Waals surface area contributed by atoms with Gasteiger partial charge in [-0.05, 0) is 30.7 Å². The molecule has 1 atom stereocenters. The molecular formula is C13H9FNO3S2-. The maximum Gasteiger partial charge on any atom is 0.266 e. The highest BCUT2D eigenvalue weighted by Crippen LogP contribution is 2.33. The molecule has 20 heavy (non-hydrogen) atoms. The van der Waals surface area contributed by atoms with Crippen molar-refractivity contribution in [3.8, 4) is 0 Å². The largest absolute Gasteiger partial charge is 0.548 e. The van der Waals surface area contributed by atoms with E-state index < -0.39 is 23.7 Å². The number of carbonyl (C=O) groups is 2. The standard InChI is InChI=1S/C13H10FNO3S2/c1-7(12(17)18)15-11(16)10(20-13(15)19)6-8-3-2-4-9(14)5-8/h2-7H,1H3,(H,17,18)/p-1/b10-6-/t7-/m1/s1. The van der Waals surface area contributed by atoms with Crippen molar-refractivity contribution in [1.29, 1.82) is 0 Å². The zero-order valence-corrected chi connectivity index (χ0v) is 12.0. The molecule has 7 heteroatoms. The van der Waals surface area contributed by atoms with Gasteiger partial charge in [-0.15, -0.1) is 0 Å². The Balaban J connectivity index is 2.30. The number of carboxylic acids is 1. The Kier molecular flexibility index (Phi) is 4.20. The molecule has 0 radical (unpaired) electrons. The van der Waals surface area contributed by atoms with Crippen LogP contribution in [0.5, 0.6) is 0 Å². The minimum Gasteiger partial charge on any atom is -0.548 e. The van der Waals surface area contributed by atoms with Gasteiger partial charge in [-0.2, -0.15) is 0 Å². The van der Waals surface area contributed by atoms with Gasteiger partial charge in [0.15, 0.2) is 0 Å². The van der Waals surface area contributed by atoms with Crippen LogP contribution in [0.25, 0.3) is 6.08 Å². The van der Waals surface area contributed by atoms with Crippen molar-refractivity contribution in [3.05, 3.63) is 40.6 Å². The van der Waals surface area contributed by atoms with E-state index in [2.05, 4.69) is 0 Å². The summed E-state index contributed by atoms with van der Waals surface area (Å²) in [6.07, 6.45) is 1.48. The summed E-state index contributed by atoms with van der Waals surface area (Å²) in [6, 6.07) is 4.58. The molecule has 1 amide bonds. The first-order valence-electron chi connectivity index (χ1n) is 5.63. The molecule has 0 aromatic heterocycles. The van der Waals surface area contributed by atoms with Crippen LogP contribution in [0.1, 0.15) is 12.5 Å². The van der Waals surface area contributed by atoms with E-state index >= 15 is 0 Å². The number of amides is 1. The minimum absolute atomic E-state index is 0.148. The Morgan fingerprint density at radius 1 is 1.55 bits per heavy atom. The molecule has 1 fully saturated rings. The Labute approximate surface area is 124 Å². The number of aliphatic carboxylic acids is 1. The third kappa shape index (κ3) is 2.88. The predicted molar refractivity (Wildman–Crippen MR) is 75.9 cm³/mol. The van der Waals surface area contributed by atoms with Crippen molar-refractivity contribution in [3.63, 3.8) is 0 Å². The van der Waals surface area contributed by atoms with E-state index in [1.54, 1.807) is 6.07 Å². The van der Waals surface area contributed by atoms with Crippen LogP contribution in [0.4, 0.5) is 4.39 Å². The number of thioether (sulfide) groups is 1. The summed E-state index contributed by atoms with van der Waals surface area (Å²) >= 11 is 5.98. The minimum atomic E-state index is -1.38. The fourth-order valence-corrected chi connectivity index (χ4v) is 3.09. The average molecular weight is 310 g/mol. The van der Waals surface area contributed by atoms with Gasteiger partial charge in [0.05, 0.1) is 16.9 Å². The van der Waals surface area contributed by atoms with Gasteiger partial charge in [0, 0.05) is 0 Å². The monoisotopic (exact) mass is 310 g/mol. The molecule has 1 saturated heterocycles. The maximum atomic E-state index is 13.1. The third-order valence-electron chi connectivity index (χ3n) is 2.70. The van der Waals surface area contributed by atoms with E-state index in [1.807, 2.05) is 0 Å². The second kappa shape index (κ2) is 5.72. The molecule has 1 aromatic rings. The lowest BCUT2D eigenvalue weighted by molar-refractivity contribution is -0.309. The smallest absolute Gasteiger partial charge is 0.266 e. The molecule has 1 aliphatic heterocycles. The Morgan fingerprint density at radius 2 is 2.25 bits per heavy atom. The summed E-state index contributed by atoms with van der Waals surface area (Å²) in [5, 5.41) is 10.8. The third-order valence-corrected chi connectivity index (χ3v) is 4.03. The Hall–Kier alpha value is -1.73. The highest BCUT2D eigenvalue weighted by Gasteiger charge is 2.35. The molecule has 2 rings (SSSR count). The van der Waals surface area contributed by atoms with E-state index in [1.165, 1.54) is 31.2 Å². The molecule has 0 spiro atoms. The van der Waals surface area contributed by atoms with Crippen LogP contribution in [-0.2, 0) is 9.59 Å². The maximum absolute atomic E-state index is 13.1. The lowest BCUT2D eigenvalue weighted by Gasteiger charge is -2.23. The number of halogens is 1. The molecule has 0 unspecified atom stereocenters. The summed E-state index contributed by atoms with van der Waals surface area (Å²) in [5.74, 6) is -2.31. The van der Waals surface area contributed by atoms with Crippen LogP contribution < -0.4 is 5.11 Å². The average Bonchev–Trinajstić information content (AvgIpc) is 2.63. The normalized spacial score (nSPS) is 18.7. The van der Waals surface area contributed by atoms with Gasteiger partial charge >= 0.3 is 0 Å². The van der Waals surface area contributed by atoms with Crippen LogP contribution >= 0.6 is 24.0 Å². The first-order chi connectivity index (χ1) is 9.40. The van der Waals surface area contributed by atoms with Crippen molar-refractivity contribution in [2.75, 3.05) is 0 Å². The zero-order valence-electron chi connectivity index (χ0n) is 10.3. The second-order valence-corrected chi connectivity index (χ2v) is 5.78. The van der Waals surface area contributed by atoms with Gasteiger partial charge in [-0.1, -0.05) is 36.1 Å². The summed E-state index contributed by atoms with van der Waals surface area (Å²) < 4.78 is 13.2. The molecule has 0 aliphatic carbocycles. The lowest BCUT2D eigenvalue weighted by atomic mass is 10.2. The van der Waals surface area contributed by atoms with Crippen LogP contribution in [0.2, 0.25) is 0 Å². The van der Waals surface area contributed by atoms with Crippen molar-refractivity contribution >= 4 is 46.3 Å².